The second-order valence-corrected chi connectivity index (χ2v) is 16.4. The summed E-state index contributed by atoms with van der Waals surface area (Å²) in [6.45, 7) is 7.21. The summed E-state index contributed by atoms with van der Waals surface area (Å²) in [6.07, 6.45) is 0.909. The molecule has 1 amide bonds. The van der Waals surface area contributed by atoms with Crippen LogP contribution in [0.15, 0.2) is 60.7 Å². The van der Waals surface area contributed by atoms with Crippen LogP contribution < -0.4 is 5.32 Å². The van der Waals surface area contributed by atoms with Crippen LogP contribution in [0.3, 0.4) is 0 Å². The number of aromatic nitrogens is 2. The standard InChI is InChI=1S/C47H61N7O11/c1-4-12-64-14-15-65-13-11-48-42(55)28-51-20-34-16-32(2)17-35(46(34)62)21-52(29-43(56)57)26-40-9-6-10-41(50-40)27-54(31-45(60)61)23-37-19-33(3)18-36(47(37)63)22-53(30-44(58)59)25-39-8-5-7-38(24-51)49-39/h5-10,16-19,62-63H,4,11-15,20-31H2,1-3H3,(H,48,55)(H,56,57)(H,58,59)(H,60,61). The predicted molar refractivity (Wildman–Crippen MR) is 238 cm³/mol. The fraction of sp³-hybridized carbons (Fsp3) is 0.447. The molecule has 2 aromatic heterocycles. The maximum atomic E-state index is 13.4. The van der Waals surface area contributed by atoms with Gasteiger partial charge in [-0.2, -0.15) is 0 Å². The fourth-order valence-electron chi connectivity index (χ4n) is 7.87. The average Bonchev–Trinajstić information content (AvgIpc) is 3.21. The van der Waals surface area contributed by atoms with Gasteiger partial charge in [-0.25, -0.2) is 0 Å². The lowest BCUT2D eigenvalue weighted by Gasteiger charge is -2.26. The molecule has 1 aliphatic rings. The van der Waals surface area contributed by atoms with Gasteiger partial charge in [-0.15, -0.1) is 0 Å². The number of aromatic hydroxyl groups is 2. The number of benzene rings is 2. The number of phenolic OH excluding ortho intramolecular Hbond substituents is 2. The molecule has 0 unspecified atom stereocenters. The molecule has 0 fully saturated rings. The molecule has 1 aliphatic heterocycles. The molecular weight excluding hydrogens is 839 g/mol. The molecule has 18 heteroatoms. The van der Waals surface area contributed by atoms with Gasteiger partial charge in [-0.1, -0.05) is 54.4 Å². The third-order valence-corrected chi connectivity index (χ3v) is 10.4. The van der Waals surface area contributed by atoms with Crippen LogP contribution in [-0.2, 0) is 81.0 Å². The van der Waals surface area contributed by atoms with Crippen LogP contribution in [0.5, 0.6) is 11.5 Å². The van der Waals surface area contributed by atoms with Crippen LogP contribution in [0.2, 0.25) is 0 Å². The summed E-state index contributed by atoms with van der Waals surface area (Å²) in [5, 5.41) is 56.1. The minimum atomic E-state index is -1.09. The van der Waals surface area contributed by atoms with Crippen LogP contribution in [0, 0.1) is 13.8 Å². The number of rotatable bonds is 16. The van der Waals surface area contributed by atoms with Gasteiger partial charge in [-0.05, 0) is 44.5 Å². The zero-order valence-electron chi connectivity index (χ0n) is 37.4. The van der Waals surface area contributed by atoms with E-state index in [4.69, 9.17) is 19.4 Å². The van der Waals surface area contributed by atoms with Gasteiger partial charge in [0.1, 0.15) is 11.5 Å². The van der Waals surface area contributed by atoms with E-state index in [1.807, 2.05) is 31.7 Å². The summed E-state index contributed by atoms with van der Waals surface area (Å²) in [5.41, 5.74) is 5.59. The number of phenols is 2. The van der Waals surface area contributed by atoms with E-state index in [1.165, 1.54) is 0 Å². The van der Waals surface area contributed by atoms with E-state index in [2.05, 4.69) is 5.32 Å². The monoisotopic (exact) mass is 899 g/mol. The number of nitrogens with one attached hydrogen (secondary N) is 1. The number of ether oxygens (including phenoxy) is 2. The molecule has 0 spiro atoms. The summed E-state index contributed by atoms with van der Waals surface area (Å²) in [6, 6.07) is 17.7. The lowest BCUT2D eigenvalue weighted by Crippen LogP contribution is -2.38. The number of nitrogens with zero attached hydrogens (tertiary/aromatic N) is 6. The van der Waals surface area contributed by atoms with Crippen molar-refractivity contribution in [1.82, 2.24) is 34.9 Å². The molecule has 0 saturated carbocycles. The number of aliphatic carboxylic acids is 3. The van der Waals surface area contributed by atoms with Gasteiger partial charge in [0, 0.05) is 87.8 Å². The van der Waals surface area contributed by atoms with Crippen molar-refractivity contribution >= 4 is 23.8 Å². The van der Waals surface area contributed by atoms with Gasteiger partial charge in [-0.3, -0.25) is 48.7 Å². The minimum absolute atomic E-state index is 0.0260. The maximum absolute atomic E-state index is 13.4. The number of carboxylic acid groups (broad SMARTS) is 3. The number of aryl methyl sites for hydroxylation is 2. The van der Waals surface area contributed by atoms with Crippen molar-refractivity contribution in [2.75, 3.05) is 59.2 Å². The van der Waals surface area contributed by atoms with Gasteiger partial charge in [0.25, 0.3) is 0 Å². The molecule has 2 aromatic carbocycles. The molecular formula is C47H61N7O11. The molecule has 0 atom stereocenters. The molecule has 3 heterocycles. The van der Waals surface area contributed by atoms with Crippen LogP contribution in [0.1, 0.15) is 69.5 Å². The van der Waals surface area contributed by atoms with Crippen molar-refractivity contribution in [3.8, 4) is 11.5 Å². The topological polar surface area (TPSA) is 239 Å². The third-order valence-electron chi connectivity index (χ3n) is 10.4. The van der Waals surface area contributed by atoms with Crippen molar-refractivity contribution in [3.05, 3.63) is 117 Å². The quantitative estimate of drug-likeness (QED) is 0.0881. The SMILES string of the molecule is CCCOCCOCCNC(=O)CN1Cc2cccc(n2)CN(CC(=O)O)Cc2cc(C)cc(c2O)CN(CC(=O)O)Cc2cccc(n2)CN(CC(=O)O)Cc2cc(C)cc(c2O)C1. The number of carbonyl (C=O) groups is 4. The molecule has 6 N–H and O–H groups in total. The van der Waals surface area contributed by atoms with E-state index in [0.717, 1.165) is 17.5 Å². The Morgan fingerprint density at radius 3 is 1.22 bits per heavy atom. The van der Waals surface area contributed by atoms with E-state index < -0.39 is 17.9 Å². The van der Waals surface area contributed by atoms with Crippen molar-refractivity contribution < 1.29 is 54.2 Å². The Balaban J connectivity index is 1.53. The van der Waals surface area contributed by atoms with Gasteiger partial charge in [0.05, 0.1) is 68.8 Å². The normalized spacial score (nSPS) is 14.9. The molecule has 5 rings (SSSR count). The number of pyridine rings is 2. The summed E-state index contributed by atoms with van der Waals surface area (Å²) in [7, 11) is 0. The molecule has 18 nitrogen and oxygen atoms in total. The summed E-state index contributed by atoms with van der Waals surface area (Å²) >= 11 is 0. The van der Waals surface area contributed by atoms with E-state index in [0.29, 0.717) is 64.9 Å². The van der Waals surface area contributed by atoms with E-state index in [-0.39, 0.29) is 109 Å². The molecule has 350 valence electrons. The number of carbonyl (C=O) groups excluding carboxylic acids is 1. The maximum Gasteiger partial charge on any atom is 0.317 e. The van der Waals surface area contributed by atoms with Crippen molar-refractivity contribution in [2.45, 2.75) is 79.6 Å². The second kappa shape index (κ2) is 24.9. The van der Waals surface area contributed by atoms with E-state index >= 15 is 0 Å². The molecule has 4 aromatic rings. The Bertz CT molecular complexity index is 2240. The number of amides is 1. The van der Waals surface area contributed by atoms with Crippen LogP contribution in [0.4, 0.5) is 0 Å². The second-order valence-electron chi connectivity index (χ2n) is 16.4. The first kappa shape index (κ1) is 50.0. The predicted octanol–water partition coefficient (Wildman–Crippen LogP) is 3.64. The van der Waals surface area contributed by atoms with Crippen molar-refractivity contribution in [3.63, 3.8) is 0 Å². The van der Waals surface area contributed by atoms with Gasteiger partial charge in [0.2, 0.25) is 5.91 Å². The van der Waals surface area contributed by atoms with Crippen LogP contribution in [-0.4, -0.2) is 138 Å². The van der Waals surface area contributed by atoms with Crippen molar-refractivity contribution in [2.24, 2.45) is 0 Å². The summed E-state index contributed by atoms with van der Waals surface area (Å²) in [4.78, 5) is 66.2. The third kappa shape index (κ3) is 16.8. The highest BCUT2D eigenvalue weighted by atomic mass is 16.5. The highest BCUT2D eigenvalue weighted by Crippen LogP contribution is 2.30. The zero-order valence-corrected chi connectivity index (χ0v) is 37.4. The molecule has 0 aliphatic carbocycles. The zero-order chi connectivity index (χ0) is 46.9. The molecule has 0 saturated heterocycles. The smallest absolute Gasteiger partial charge is 0.317 e. The lowest BCUT2D eigenvalue weighted by atomic mass is 10.0. The minimum Gasteiger partial charge on any atom is -0.507 e. The Kier molecular flexibility index (Phi) is 19.1. The molecule has 8 bridgehead atoms. The number of fused-ring (bicyclic) bond motifs is 8. The number of carboxylic acids is 3. The average molecular weight is 900 g/mol. The molecule has 0 radical (unpaired) electrons. The van der Waals surface area contributed by atoms with Crippen LogP contribution in [0.25, 0.3) is 0 Å². The number of hydrogen-bond acceptors (Lipinski definition) is 14. The highest BCUT2D eigenvalue weighted by molar-refractivity contribution is 5.78. The van der Waals surface area contributed by atoms with Crippen molar-refractivity contribution in [1.29, 1.82) is 0 Å². The summed E-state index contributed by atoms with van der Waals surface area (Å²) < 4.78 is 11.0. The summed E-state index contributed by atoms with van der Waals surface area (Å²) in [5.74, 6) is -3.69. The largest absolute Gasteiger partial charge is 0.507 e. The first-order valence-corrected chi connectivity index (χ1v) is 21.6. The van der Waals surface area contributed by atoms with E-state index in [1.54, 1.807) is 69.3 Å². The Morgan fingerprint density at radius 1 is 0.538 bits per heavy atom. The fourth-order valence-corrected chi connectivity index (χ4v) is 7.87. The Hall–Kier alpha value is -6.02. The number of hydrogen-bond donors (Lipinski definition) is 6. The van der Waals surface area contributed by atoms with Gasteiger partial charge >= 0.3 is 17.9 Å². The Morgan fingerprint density at radius 2 is 0.877 bits per heavy atom. The van der Waals surface area contributed by atoms with Gasteiger partial charge in [0.15, 0.2) is 0 Å². The Labute approximate surface area is 379 Å². The first-order valence-electron chi connectivity index (χ1n) is 21.6. The van der Waals surface area contributed by atoms with Crippen LogP contribution >= 0.6 is 0 Å². The lowest BCUT2D eigenvalue weighted by molar-refractivity contribution is -0.139. The first-order chi connectivity index (χ1) is 31.1. The highest BCUT2D eigenvalue weighted by Gasteiger charge is 2.23. The molecule has 65 heavy (non-hydrogen) atoms. The van der Waals surface area contributed by atoms with E-state index in [9.17, 15) is 44.7 Å². The van der Waals surface area contributed by atoms with Gasteiger partial charge < -0.3 is 40.3 Å².